The second-order valence-electron chi connectivity index (χ2n) is 8.19. The van der Waals surface area contributed by atoms with Gasteiger partial charge in [-0.2, -0.15) is 4.31 Å². The van der Waals surface area contributed by atoms with E-state index in [9.17, 15) is 18.0 Å². The Morgan fingerprint density at radius 3 is 2.44 bits per heavy atom. The van der Waals surface area contributed by atoms with Crippen LogP contribution in [0.25, 0.3) is 15.2 Å². The van der Waals surface area contributed by atoms with Crippen LogP contribution in [0.1, 0.15) is 41.7 Å². The van der Waals surface area contributed by atoms with Gasteiger partial charge in [0.25, 0.3) is 5.56 Å². The van der Waals surface area contributed by atoms with Crippen molar-refractivity contribution in [2.45, 2.75) is 37.2 Å². The molecule has 0 unspecified atom stereocenters. The molecule has 2 aromatic heterocycles. The third-order valence-electron chi connectivity index (χ3n) is 5.89. The lowest BCUT2D eigenvalue weighted by Crippen LogP contribution is -2.31. The van der Waals surface area contributed by atoms with E-state index in [0.29, 0.717) is 23.7 Å². The molecule has 1 fully saturated rings. The number of esters is 1. The molecule has 0 bridgehead atoms. The topological polar surface area (TPSA) is 98.0 Å². The van der Waals surface area contributed by atoms with Gasteiger partial charge in [0.1, 0.15) is 6.61 Å². The fourth-order valence-corrected chi connectivity index (χ4v) is 6.68. The van der Waals surface area contributed by atoms with Gasteiger partial charge in [-0.15, -0.1) is 0 Å². The number of sulfonamides is 1. The molecule has 0 N–H and O–H groups in total. The number of carbonyl (C=O) groups is 1. The van der Waals surface area contributed by atoms with Gasteiger partial charge in [-0.05, 0) is 49.2 Å². The maximum absolute atomic E-state index is 12.9. The van der Waals surface area contributed by atoms with Crippen molar-refractivity contribution in [1.82, 2.24) is 13.7 Å². The molecular weight excluding hydrogens is 474 g/mol. The zero-order chi connectivity index (χ0) is 23.7. The number of benzene rings is 2. The molecule has 3 heterocycles. The van der Waals surface area contributed by atoms with Crippen LogP contribution in [0.15, 0.2) is 64.3 Å². The molecule has 5 rings (SSSR count). The molecular formula is C24H23N3O5S2. The first-order valence-electron chi connectivity index (χ1n) is 11.1. The number of aromatic nitrogens is 2. The number of thiazole rings is 1. The lowest BCUT2D eigenvalue weighted by molar-refractivity contribution is 0.0467. The van der Waals surface area contributed by atoms with Gasteiger partial charge in [0, 0.05) is 19.2 Å². The van der Waals surface area contributed by atoms with Crippen molar-refractivity contribution in [2.24, 2.45) is 0 Å². The summed E-state index contributed by atoms with van der Waals surface area (Å²) in [6.45, 7) is 0.874. The maximum Gasteiger partial charge on any atom is 0.338 e. The summed E-state index contributed by atoms with van der Waals surface area (Å²) in [7, 11) is -3.58. The minimum absolute atomic E-state index is 0.160. The first-order chi connectivity index (χ1) is 16.4. The summed E-state index contributed by atoms with van der Waals surface area (Å²) in [6, 6.07) is 14.7. The average Bonchev–Trinajstić information content (AvgIpc) is 3.00. The number of hydrogen-bond donors (Lipinski definition) is 0. The average molecular weight is 498 g/mol. The van der Waals surface area contributed by atoms with E-state index >= 15 is 0 Å². The van der Waals surface area contributed by atoms with Crippen molar-refractivity contribution >= 4 is 42.5 Å². The molecule has 1 aliphatic heterocycles. The van der Waals surface area contributed by atoms with Gasteiger partial charge in [0.05, 0.1) is 26.4 Å². The van der Waals surface area contributed by atoms with E-state index in [1.54, 1.807) is 0 Å². The Kier molecular flexibility index (Phi) is 6.20. The van der Waals surface area contributed by atoms with Crippen LogP contribution >= 0.6 is 11.3 Å². The predicted octanol–water partition coefficient (Wildman–Crippen LogP) is 3.83. The molecule has 0 radical (unpaired) electrons. The van der Waals surface area contributed by atoms with Gasteiger partial charge in [-0.25, -0.2) is 18.2 Å². The summed E-state index contributed by atoms with van der Waals surface area (Å²) in [5.41, 5.74) is 1.13. The Bertz CT molecular complexity index is 1520. The molecule has 4 aromatic rings. The fourth-order valence-electron chi connectivity index (χ4n) is 4.11. The molecule has 34 heavy (non-hydrogen) atoms. The smallest absolute Gasteiger partial charge is 0.338 e. The molecule has 0 saturated carbocycles. The Morgan fingerprint density at radius 2 is 1.71 bits per heavy atom. The molecule has 0 amide bonds. The number of fused-ring (bicyclic) bond motifs is 3. The van der Waals surface area contributed by atoms with Gasteiger partial charge < -0.3 is 4.74 Å². The largest absolute Gasteiger partial charge is 0.456 e. The highest BCUT2D eigenvalue weighted by Crippen LogP contribution is 2.24. The molecule has 1 saturated heterocycles. The van der Waals surface area contributed by atoms with Crippen LogP contribution in [-0.2, 0) is 21.4 Å². The third-order valence-corrected chi connectivity index (χ3v) is 8.83. The molecule has 176 valence electrons. The van der Waals surface area contributed by atoms with Crippen molar-refractivity contribution in [2.75, 3.05) is 13.1 Å². The Morgan fingerprint density at radius 1 is 1.00 bits per heavy atom. The van der Waals surface area contributed by atoms with Crippen molar-refractivity contribution in [3.05, 3.63) is 76.2 Å². The number of para-hydroxylation sites is 1. The lowest BCUT2D eigenvalue weighted by atomic mass is 10.2. The quantitative estimate of drug-likeness (QED) is 0.389. The summed E-state index contributed by atoms with van der Waals surface area (Å²) >= 11 is 1.39. The van der Waals surface area contributed by atoms with Crippen LogP contribution in [0.4, 0.5) is 0 Å². The summed E-state index contributed by atoms with van der Waals surface area (Å²) in [6.07, 6.45) is 3.78. The summed E-state index contributed by atoms with van der Waals surface area (Å²) in [5.74, 6) is -0.614. The van der Waals surface area contributed by atoms with Crippen LogP contribution in [0, 0.1) is 0 Å². The van der Waals surface area contributed by atoms with E-state index in [1.165, 1.54) is 50.4 Å². The molecule has 0 aliphatic carbocycles. The van der Waals surface area contributed by atoms with Crippen molar-refractivity contribution in [3.63, 3.8) is 0 Å². The first kappa shape index (κ1) is 22.7. The van der Waals surface area contributed by atoms with Crippen molar-refractivity contribution in [1.29, 1.82) is 0 Å². The van der Waals surface area contributed by atoms with Gasteiger partial charge >= 0.3 is 5.97 Å². The standard InChI is InChI=1S/C24H23N3O5S2/c28-22-15-18(25-24-27(22)20-7-3-4-8-21(20)33-24)16-32-23(29)17-9-11-19(12-10-17)34(30,31)26-13-5-1-2-6-14-26/h3-4,7-12,15H,1-2,5-6,13-14,16H2. The molecule has 10 heteroatoms. The minimum Gasteiger partial charge on any atom is -0.456 e. The number of hydrogen-bond acceptors (Lipinski definition) is 7. The zero-order valence-electron chi connectivity index (χ0n) is 18.3. The zero-order valence-corrected chi connectivity index (χ0v) is 20.0. The third kappa shape index (κ3) is 4.36. The van der Waals surface area contributed by atoms with E-state index in [4.69, 9.17) is 4.74 Å². The van der Waals surface area contributed by atoms with Crippen LogP contribution in [-0.4, -0.2) is 41.2 Å². The van der Waals surface area contributed by atoms with Crippen LogP contribution < -0.4 is 5.56 Å². The molecule has 0 atom stereocenters. The maximum atomic E-state index is 12.9. The van der Waals surface area contributed by atoms with E-state index < -0.39 is 16.0 Å². The van der Waals surface area contributed by atoms with Crippen molar-refractivity contribution in [3.8, 4) is 0 Å². The second kappa shape index (κ2) is 9.28. The summed E-state index contributed by atoms with van der Waals surface area (Å²) in [5, 5.41) is 0. The molecule has 8 nitrogen and oxygen atoms in total. The Hall–Kier alpha value is -3.08. The number of nitrogens with zero attached hydrogens (tertiary/aromatic N) is 3. The normalized spacial score (nSPS) is 15.4. The predicted molar refractivity (Wildman–Crippen MR) is 130 cm³/mol. The van der Waals surface area contributed by atoms with E-state index in [1.807, 2.05) is 24.3 Å². The molecule has 2 aromatic carbocycles. The van der Waals surface area contributed by atoms with E-state index in [-0.39, 0.29) is 22.6 Å². The van der Waals surface area contributed by atoms with Crippen LogP contribution in [0.3, 0.4) is 0 Å². The van der Waals surface area contributed by atoms with Gasteiger partial charge in [-0.1, -0.05) is 36.3 Å². The monoisotopic (exact) mass is 497 g/mol. The highest BCUT2D eigenvalue weighted by Gasteiger charge is 2.25. The Balaban J connectivity index is 1.30. The lowest BCUT2D eigenvalue weighted by Gasteiger charge is -2.19. The van der Waals surface area contributed by atoms with Gasteiger partial charge in [0.2, 0.25) is 10.0 Å². The fraction of sp³-hybridized carbons (Fsp3) is 0.292. The van der Waals surface area contributed by atoms with E-state index in [0.717, 1.165) is 35.9 Å². The highest BCUT2D eigenvalue weighted by atomic mass is 32.2. The van der Waals surface area contributed by atoms with Gasteiger partial charge in [0.15, 0.2) is 4.96 Å². The van der Waals surface area contributed by atoms with E-state index in [2.05, 4.69) is 4.98 Å². The minimum atomic E-state index is -3.58. The van der Waals surface area contributed by atoms with Crippen LogP contribution in [0.5, 0.6) is 0 Å². The molecule has 1 aliphatic rings. The second-order valence-corrected chi connectivity index (χ2v) is 11.1. The van der Waals surface area contributed by atoms with Gasteiger partial charge in [-0.3, -0.25) is 9.20 Å². The number of ether oxygens (including phenoxy) is 1. The number of rotatable bonds is 5. The van der Waals surface area contributed by atoms with Crippen molar-refractivity contribution < 1.29 is 17.9 Å². The number of carbonyl (C=O) groups excluding carboxylic acids is 1. The highest BCUT2D eigenvalue weighted by molar-refractivity contribution is 7.89. The molecule has 0 spiro atoms. The van der Waals surface area contributed by atoms with Crippen LogP contribution in [0.2, 0.25) is 0 Å². The summed E-state index contributed by atoms with van der Waals surface area (Å²) < 4.78 is 35.2. The first-order valence-corrected chi connectivity index (χ1v) is 13.4. The summed E-state index contributed by atoms with van der Waals surface area (Å²) in [4.78, 5) is 30.3. The SMILES string of the molecule is O=C(OCc1cc(=O)n2c(n1)sc1ccccc12)c1ccc(S(=O)(=O)N2CCCCCC2)cc1. The Labute approximate surface area is 200 Å².